The molecule has 0 saturated carbocycles. The Hall–Kier alpha value is -1.81. The van der Waals surface area contributed by atoms with Gasteiger partial charge in [-0.05, 0) is 42.7 Å². The first-order valence-electron chi connectivity index (χ1n) is 6.80. The van der Waals surface area contributed by atoms with Crippen molar-refractivity contribution >= 4 is 49.9 Å². The molecule has 0 fully saturated rings. The molecular formula is C14H13ClN4O3S2. The summed E-state index contributed by atoms with van der Waals surface area (Å²) in [4.78, 5) is 0. The fourth-order valence-corrected chi connectivity index (χ4v) is 3.71. The topological polar surface area (TPSA) is 118 Å². The lowest BCUT2D eigenvalue weighted by atomic mass is 9.94. The number of nitrogens with two attached hydrogens (primary N) is 1. The molecule has 2 aromatic rings. The summed E-state index contributed by atoms with van der Waals surface area (Å²) in [5, 5.41) is 23.6. The molecule has 0 amide bonds. The van der Waals surface area contributed by atoms with Crippen LogP contribution in [0.25, 0.3) is 6.08 Å². The number of halogens is 1. The van der Waals surface area contributed by atoms with Crippen molar-refractivity contribution < 1.29 is 13.5 Å². The molecule has 1 aliphatic carbocycles. The van der Waals surface area contributed by atoms with Gasteiger partial charge in [-0.3, -0.25) is 0 Å². The molecule has 1 atom stereocenters. The molecule has 1 unspecified atom stereocenters. The van der Waals surface area contributed by atoms with E-state index in [1.165, 1.54) is 12.1 Å². The van der Waals surface area contributed by atoms with E-state index >= 15 is 0 Å². The lowest BCUT2D eigenvalue weighted by Crippen LogP contribution is -2.41. The van der Waals surface area contributed by atoms with Crippen LogP contribution in [0.3, 0.4) is 0 Å². The number of nitrogens with zero attached hydrogens (tertiary/aromatic N) is 3. The van der Waals surface area contributed by atoms with Crippen LogP contribution in [-0.4, -0.2) is 22.6 Å². The summed E-state index contributed by atoms with van der Waals surface area (Å²) in [6.07, 6.45) is 3.36. The Morgan fingerprint density at radius 2 is 2.17 bits per heavy atom. The van der Waals surface area contributed by atoms with Crippen molar-refractivity contribution in [3.05, 3.63) is 40.6 Å². The monoisotopic (exact) mass is 384 g/mol. The molecule has 1 aromatic heterocycles. The molecule has 1 heterocycles. The van der Waals surface area contributed by atoms with Crippen LogP contribution >= 0.6 is 23.1 Å². The molecule has 0 saturated heterocycles. The van der Waals surface area contributed by atoms with Crippen molar-refractivity contribution in [1.82, 2.24) is 4.37 Å². The number of azo groups is 1. The first-order valence-corrected chi connectivity index (χ1v) is 9.50. The Morgan fingerprint density at radius 3 is 2.83 bits per heavy atom. The zero-order chi connectivity index (χ0) is 17.5. The van der Waals surface area contributed by atoms with Crippen LogP contribution < -0.4 is 5.14 Å². The molecule has 1 aliphatic rings. The van der Waals surface area contributed by atoms with Crippen LogP contribution in [0.4, 0.5) is 10.7 Å². The fourth-order valence-electron chi connectivity index (χ4n) is 2.21. The lowest BCUT2D eigenvalue weighted by molar-refractivity contribution is 0.475. The predicted molar refractivity (Wildman–Crippen MR) is 93.7 cm³/mol. The number of benzene rings is 1. The Labute approximate surface area is 147 Å². The molecule has 7 nitrogen and oxygen atoms in total. The van der Waals surface area contributed by atoms with Gasteiger partial charge < -0.3 is 5.11 Å². The van der Waals surface area contributed by atoms with E-state index in [1.807, 2.05) is 0 Å². The molecule has 1 aromatic carbocycles. The summed E-state index contributed by atoms with van der Waals surface area (Å²) in [6, 6.07) is 4.45. The largest absolute Gasteiger partial charge is 0.506 e. The minimum Gasteiger partial charge on any atom is -0.506 e. The van der Waals surface area contributed by atoms with Crippen molar-refractivity contribution in [2.45, 2.75) is 18.1 Å². The number of aromatic hydroxyl groups is 1. The van der Waals surface area contributed by atoms with E-state index in [0.29, 0.717) is 21.9 Å². The van der Waals surface area contributed by atoms with Gasteiger partial charge in [0.05, 0.1) is 16.4 Å². The predicted octanol–water partition coefficient (Wildman–Crippen LogP) is 3.53. The number of rotatable bonds is 3. The van der Waals surface area contributed by atoms with Crippen molar-refractivity contribution in [2.24, 2.45) is 15.4 Å². The van der Waals surface area contributed by atoms with Gasteiger partial charge in [-0.15, -0.1) is 10.2 Å². The van der Waals surface area contributed by atoms with Crippen LogP contribution in [0.2, 0.25) is 5.02 Å². The highest BCUT2D eigenvalue weighted by Gasteiger charge is 2.38. The van der Waals surface area contributed by atoms with Crippen molar-refractivity contribution in [3.63, 3.8) is 0 Å². The lowest BCUT2D eigenvalue weighted by Gasteiger charge is -2.26. The highest BCUT2D eigenvalue weighted by molar-refractivity contribution is 7.90. The molecule has 0 bridgehead atoms. The third kappa shape index (κ3) is 3.07. The Morgan fingerprint density at radius 1 is 1.42 bits per heavy atom. The van der Waals surface area contributed by atoms with Crippen molar-refractivity contribution in [3.8, 4) is 5.75 Å². The van der Waals surface area contributed by atoms with E-state index in [2.05, 4.69) is 14.6 Å². The second-order valence-electron chi connectivity index (χ2n) is 5.56. The van der Waals surface area contributed by atoms with E-state index in [9.17, 15) is 13.5 Å². The van der Waals surface area contributed by atoms with E-state index < -0.39 is 14.8 Å². The average Bonchev–Trinajstić information content (AvgIpc) is 2.89. The van der Waals surface area contributed by atoms with Gasteiger partial charge in [0, 0.05) is 12.0 Å². The van der Waals surface area contributed by atoms with Crippen LogP contribution in [0.15, 0.2) is 34.5 Å². The highest BCUT2D eigenvalue weighted by atomic mass is 35.5. The maximum atomic E-state index is 11.8. The maximum Gasteiger partial charge on any atom is 0.218 e. The molecule has 0 aliphatic heterocycles. The molecule has 126 valence electrons. The van der Waals surface area contributed by atoms with Gasteiger partial charge in [-0.1, -0.05) is 17.7 Å². The summed E-state index contributed by atoms with van der Waals surface area (Å²) in [5.41, 5.74) is 1.81. The molecule has 3 N–H and O–H groups in total. The third-order valence-corrected chi connectivity index (χ3v) is 6.43. The number of sulfonamides is 1. The third-order valence-electron chi connectivity index (χ3n) is 3.76. The van der Waals surface area contributed by atoms with Gasteiger partial charge in [-0.25, -0.2) is 13.6 Å². The van der Waals surface area contributed by atoms with Crippen LogP contribution in [-0.2, 0) is 16.4 Å². The van der Waals surface area contributed by atoms with E-state index in [1.54, 1.807) is 25.1 Å². The Kier molecular flexibility index (Phi) is 4.20. The summed E-state index contributed by atoms with van der Waals surface area (Å²) in [7, 11) is -3.77. The smallest absolute Gasteiger partial charge is 0.218 e. The molecule has 3 rings (SSSR count). The van der Waals surface area contributed by atoms with Gasteiger partial charge in [-0.2, -0.15) is 4.37 Å². The van der Waals surface area contributed by atoms with Crippen molar-refractivity contribution in [2.75, 3.05) is 0 Å². The number of hydrogen-bond donors (Lipinski definition) is 2. The minimum absolute atomic E-state index is 0.0418. The number of aromatic nitrogens is 1. The zero-order valence-corrected chi connectivity index (χ0v) is 14.9. The van der Waals surface area contributed by atoms with Gasteiger partial charge in [0.25, 0.3) is 0 Å². The zero-order valence-electron chi connectivity index (χ0n) is 12.5. The maximum absolute atomic E-state index is 11.8. The number of fused-ring (bicyclic) bond motifs is 1. The summed E-state index contributed by atoms with van der Waals surface area (Å²) >= 11 is 6.95. The molecule has 0 radical (unpaired) electrons. The highest BCUT2D eigenvalue weighted by Crippen LogP contribution is 2.39. The molecule has 0 spiro atoms. The van der Waals surface area contributed by atoms with Crippen LogP contribution in [0, 0.1) is 0 Å². The van der Waals surface area contributed by atoms with Crippen LogP contribution in [0.1, 0.15) is 18.2 Å². The molecule has 10 heteroatoms. The molecular weight excluding hydrogens is 372 g/mol. The standard InChI is InChI=1S/C14H13ClN4O3S2/c1-14(24(16,21)22)5-4-11-9(7-14)13(23-19-11)18-17-8-2-3-12(20)10(15)6-8/h2-6,20H,7H2,1H3,(H2,16,21,22). The first kappa shape index (κ1) is 17.0. The van der Waals surface area contributed by atoms with Gasteiger partial charge in [0.2, 0.25) is 10.0 Å². The van der Waals surface area contributed by atoms with Gasteiger partial charge in [0.15, 0.2) is 5.00 Å². The van der Waals surface area contributed by atoms with Crippen molar-refractivity contribution in [1.29, 1.82) is 0 Å². The van der Waals surface area contributed by atoms with Gasteiger partial charge >= 0.3 is 0 Å². The second kappa shape index (κ2) is 5.92. The number of phenols is 1. The Balaban J connectivity index is 1.93. The van der Waals surface area contributed by atoms with Gasteiger partial charge in [0.1, 0.15) is 10.5 Å². The SMILES string of the molecule is CC1(S(N)(=O)=O)C=Cc2nsc(N=Nc3ccc(O)c(Cl)c3)c2C1. The number of phenolic OH excluding ortho intramolecular Hbond substituents is 1. The van der Waals surface area contributed by atoms with Crippen LogP contribution in [0.5, 0.6) is 5.75 Å². The summed E-state index contributed by atoms with van der Waals surface area (Å²) < 4.78 is 26.7. The van der Waals surface area contributed by atoms with E-state index in [4.69, 9.17) is 16.7 Å². The number of hydrogen-bond acceptors (Lipinski definition) is 7. The van der Waals surface area contributed by atoms with E-state index in [-0.39, 0.29) is 17.2 Å². The summed E-state index contributed by atoms with van der Waals surface area (Å²) in [6.45, 7) is 1.56. The average molecular weight is 385 g/mol. The quantitative estimate of drug-likeness (QED) is 0.786. The van der Waals surface area contributed by atoms with E-state index in [0.717, 1.165) is 11.5 Å². The normalized spacial score (nSPS) is 20.5. The second-order valence-corrected chi connectivity index (χ2v) is 8.74. The Bertz CT molecular complexity index is 968. The fraction of sp³-hybridized carbons (Fsp3) is 0.214. The molecule has 24 heavy (non-hydrogen) atoms. The number of primary sulfonamides is 1. The first-order chi connectivity index (χ1) is 11.2. The summed E-state index contributed by atoms with van der Waals surface area (Å²) in [5.74, 6) is -0.0418. The minimum atomic E-state index is -3.77.